The molecule has 2 fully saturated rings. The lowest BCUT2D eigenvalue weighted by Gasteiger charge is -2.31. The molecule has 27 heavy (non-hydrogen) atoms. The van der Waals surface area contributed by atoms with Gasteiger partial charge in [0.25, 0.3) is 0 Å². The highest BCUT2D eigenvalue weighted by atomic mass is 35.5. The lowest BCUT2D eigenvalue weighted by atomic mass is 9.71. The third-order valence-electron chi connectivity index (χ3n) is 6.51. The molecule has 0 radical (unpaired) electrons. The maximum Gasteiger partial charge on any atom is 0.154 e. The summed E-state index contributed by atoms with van der Waals surface area (Å²) in [5, 5.41) is 0.713. The SMILES string of the molecule is Cc1cc(C2C(=O)CC3(CCCCC3)C2=O)c(C)cc1-c1ccc(Cl)cc1. The van der Waals surface area contributed by atoms with Gasteiger partial charge in [-0.2, -0.15) is 0 Å². The number of Topliss-reactive ketones (excluding diaryl/α,β-unsaturated/α-hetero) is 2. The number of rotatable bonds is 2. The average molecular weight is 381 g/mol. The largest absolute Gasteiger partial charge is 0.298 e. The molecule has 0 amide bonds. The van der Waals surface area contributed by atoms with E-state index in [1.54, 1.807) is 0 Å². The molecule has 0 saturated heterocycles. The van der Waals surface area contributed by atoms with Gasteiger partial charge in [-0.05, 0) is 66.6 Å². The second kappa shape index (κ2) is 6.91. The molecule has 1 unspecified atom stereocenters. The molecule has 2 aromatic carbocycles. The third-order valence-corrected chi connectivity index (χ3v) is 6.76. The molecule has 1 spiro atoms. The van der Waals surface area contributed by atoms with Gasteiger partial charge in [-0.25, -0.2) is 0 Å². The second-order valence-corrected chi connectivity index (χ2v) is 8.75. The topological polar surface area (TPSA) is 34.1 Å². The Balaban J connectivity index is 1.72. The lowest BCUT2D eigenvalue weighted by Crippen LogP contribution is -2.30. The molecule has 140 valence electrons. The Morgan fingerprint density at radius 2 is 1.59 bits per heavy atom. The summed E-state index contributed by atoms with van der Waals surface area (Å²) in [4.78, 5) is 26.2. The van der Waals surface area contributed by atoms with Crippen molar-refractivity contribution in [1.82, 2.24) is 0 Å². The number of aryl methyl sites for hydroxylation is 2. The van der Waals surface area contributed by atoms with Gasteiger partial charge >= 0.3 is 0 Å². The van der Waals surface area contributed by atoms with Crippen molar-refractivity contribution in [1.29, 1.82) is 0 Å². The number of hydrogen-bond donors (Lipinski definition) is 0. The number of halogens is 1. The monoisotopic (exact) mass is 380 g/mol. The zero-order valence-electron chi connectivity index (χ0n) is 16.0. The highest BCUT2D eigenvalue weighted by Crippen LogP contribution is 2.50. The van der Waals surface area contributed by atoms with Crippen LogP contribution in [0.3, 0.4) is 0 Å². The molecule has 2 aromatic rings. The van der Waals surface area contributed by atoms with Gasteiger partial charge in [0.1, 0.15) is 11.7 Å². The van der Waals surface area contributed by atoms with Crippen LogP contribution in [-0.2, 0) is 9.59 Å². The first-order valence-electron chi connectivity index (χ1n) is 9.85. The van der Waals surface area contributed by atoms with Crippen LogP contribution in [0.15, 0.2) is 36.4 Å². The van der Waals surface area contributed by atoms with E-state index in [0.29, 0.717) is 11.4 Å². The standard InChI is InChI=1S/C24H25ClO2/c1-15-13-20(16(2)12-19(15)17-6-8-18(25)9-7-17)22-21(26)14-24(23(22)27)10-4-3-5-11-24/h6-9,12-13,22H,3-5,10-11,14H2,1-2H3. The first-order chi connectivity index (χ1) is 12.9. The summed E-state index contributed by atoms with van der Waals surface area (Å²) in [6.45, 7) is 4.06. The van der Waals surface area contributed by atoms with Crippen LogP contribution < -0.4 is 0 Å². The van der Waals surface area contributed by atoms with Gasteiger partial charge in [0.15, 0.2) is 5.78 Å². The Hall–Kier alpha value is -1.93. The lowest BCUT2D eigenvalue weighted by molar-refractivity contribution is -0.129. The molecule has 2 aliphatic carbocycles. The first-order valence-corrected chi connectivity index (χ1v) is 10.2. The van der Waals surface area contributed by atoms with Gasteiger partial charge in [-0.3, -0.25) is 9.59 Å². The van der Waals surface area contributed by atoms with Gasteiger partial charge in [0, 0.05) is 16.9 Å². The average Bonchev–Trinajstić information content (AvgIpc) is 2.88. The predicted molar refractivity (Wildman–Crippen MR) is 109 cm³/mol. The van der Waals surface area contributed by atoms with E-state index in [-0.39, 0.29) is 17.0 Å². The fourth-order valence-electron chi connectivity index (χ4n) is 5.03. The molecule has 0 aliphatic heterocycles. The van der Waals surface area contributed by atoms with Crippen molar-refractivity contribution in [3.8, 4) is 11.1 Å². The number of ketones is 2. The number of carbonyl (C=O) groups is 2. The van der Waals surface area contributed by atoms with E-state index in [4.69, 9.17) is 11.6 Å². The minimum absolute atomic E-state index is 0.114. The normalized spacial score (nSPS) is 21.8. The van der Waals surface area contributed by atoms with Crippen molar-refractivity contribution in [3.63, 3.8) is 0 Å². The third kappa shape index (κ3) is 3.14. The van der Waals surface area contributed by atoms with E-state index >= 15 is 0 Å². The van der Waals surface area contributed by atoms with Gasteiger partial charge in [0.05, 0.1) is 0 Å². The number of carbonyl (C=O) groups excluding carboxylic acids is 2. The zero-order chi connectivity index (χ0) is 19.2. The van der Waals surface area contributed by atoms with E-state index in [1.807, 2.05) is 38.1 Å². The van der Waals surface area contributed by atoms with Crippen LogP contribution in [0.25, 0.3) is 11.1 Å². The molecule has 0 heterocycles. The Labute approximate surface area is 165 Å². The van der Waals surface area contributed by atoms with Crippen molar-refractivity contribution in [2.24, 2.45) is 5.41 Å². The first kappa shape index (κ1) is 18.4. The van der Waals surface area contributed by atoms with E-state index in [9.17, 15) is 9.59 Å². The van der Waals surface area contributed by atoms with Crippen LogP contribution in [0.5, 0.6) is 0 Å². The Morgan fingerprint density at radius 3 is 2.26 bits per heavy atom. The summed E-state index contributed by atoms with van der Waals surface area (Å²) in [5.74, 6) is -0.279. The molecule has 3 heteroatoms. The van der Waals surface area contributed by atoms with Crippen molar-refractivity contribution >= 4 is 23.2 Å². The summed E-state index contributed by atoms with van der Waals surface area (Å²) >= 11 is 6.01. The highest BCUT2D eigenvalue weighted by molar-refractivity contribution is 6.30. The van der Waals surface area contributed by atoms with Crippen LogP contribution in [0, 0.1) is 19.3 Å². The predicted octanol–water partition coefficient (Wildman–Crippen LogP) is 6.20. The molecule has 2 nitrogen and oxygen atoms in total. The molecular formula is C24H25ClO2. The van der Waals surface area contributed by atoms with Gasteiger partial charge < -0.3 is 0 Å². The van der Waals surface area contributed by atoms with Crippen LogP contribution in [-0.4, -0.2) is 11.6 Å². The van der Waals surface area contributed by atoms with E-state index in [2.05, 4.69) is 12.1 Å². The molecule has 0 bridgehead atoms. The molecule has 2 saturated carbocycles. The second-order valence-electron chi connectivity index (χ2n) is 8.31. The Morgan fingerprint density at radius 1 is 0.926 bits per heavy atom. The smallest absolute Gasteiger partial charge is 0.154 e. The van der Waals surface area contributed by atoms with E-state index < -0.39 is 5.92 Å². The summed E-state index contributed by atoms with van der Waals surface area (Å²) < 4.78 is 0. The Kier molecular flexibility index (Phi) is 4.71. The molecule has 4 rings (SSSR count). The van der Waals surface area contributed by atoms with Crippen molar-refractivity contribution in [3.05, 3.63) is 58.1 Å². The fourth-order valence-corrected chi connectivity index (χ4v) is 5.16. The van der Waals surface area contributed by atoms with Crippen molar-refractivity contribution in [2.75, 3.05) is 0 Å². The minimum atomic E-state index is -0.568. The van der Waals surface area contributed by atoms with E-state index in [0.717, 1.165) is 53.5 Å². The van der Waals surface area contributed by atoms with Gasteiger partial charge in [0.2, 0.25) is 0 Å². The quantitative estimate of drug-likeness (QED) is 0.581. The Bertz CT molecular complexity index is 905. The van der Waals surface area contributed by atoms with Crippen molar-refractivity contribution in [2.45, 2.75) is 58.3 Å². The fraction of sp³-hybridized carbons (Fsp3) is 0.417. The molecular weight excluding hydrogens is 356 g/mol. The summed E-state index contributed by atoms with van der Waals surface area (Å²) in [6.07, 6.45) is 5.53. The van der Waals surface area contributed by atoms with Crippen LogP contribution in [0.2, 0.25) is 5.02 Å². The van der Waals surface area contributed by atoms with Crippen LogP contribution >= 0.6 is 11.6 Å². The molecule has 2 aliphatic rings. The van der Waals surface area contributed by atoms with Crippen molar-refractivity contribution < 1.29 is 9.59 Å². The summed E-state index contributed by atoms with van der Waals surface area (Å²) in [7, 11) is 0. The molecule has 0 N–H and O–H groups in total. The van der Waals surface area contributed by atoms with Crippen LogP contribution in [0.4, 0.5) is 0 Å². The minimum Gasteiger partial charge on any atom is -0.298 e. The summed E-state index contributed by atoms with van der Waals surface area (Å²) in [5.41, 5.74) is 4.85. The van der Waals surface area contributed by atoms with Gasteiger partial charge in [-0.1, -0.05) is 55.1 Å². The molecule has 1 atom stereocenters. The molecule has 0 aromatic heterocycles. The van der Waals surface area contributed by atoms with E-state index in [1.165, 1.54) is 6.42 Å². The zero-order valence-corrected chi connectivity index (χ0v) is 16.7. The van der Waals surface area contributed by atoms with Gasteiger partial charge in [-0.15, -0.1) is 0 Å². The highest BCUT2D eigenvalue weighted by Gasteiger charge is 2.53. The maximum absolute atomic E-state index is 13.3. The van der Waals surface area contributed by atoms with Crippen LogP contribution in [0.1, 0.15) is 61.1 Å². The number of hydrogen-bond acceptors (Lipinski definition) is 2. The maximum atomic E-state index is 13.3. The summed E-state index contributed by atoms with van der Waals surface area (Å²) in [6, 6.07) is 12.0. The number of benzene rings is 2.